The molecule has 8 heteroatoms. The van der Waals surface area contributed by atoms with E-state index in [2.05, 4.69) is 0 Å². The molecule has 1 aliphatic heterocycles. The Kier molecular flexibility index (Phi) is 7.29. The van der Waals surface area contributed by atoms with Crippen molar-refractivity contribution < 1.29 is 24.0 Å². The maximum Gasteiger partial charge on any atom is 0.310 e. The number of esters is 2. The van der Waals surface area contributed by atoms with Gasteiger partial charge in [0.2, 0.25) is 0 Å². The zero-order valence-corrected chi connectivity index (χ0v) is 16.0. The first kappa shape index (κ1) is 20.8. The summed E-state index contributed by atoms with van der Waals surface area (Å²) in [6, 6.07) is 4.38. The number of hydrogen-bond acceptors (Lipinski definition) is 7. The molecule has 0 saturated heterocycles. The van der Waals surface area contributed by atoms with Crippen LogP contribution < -0.4 is 0 Å². The van der Waals surface area contributed by atoms with Crippen LogP contribution in [0.1, 0.15) is 44.4 Å². The third-order valence-corrected chi connectivity index (χ3v) is 4.76. The highest BCUT2D eigenvalue weighted by Gasteiger charge is 2.36. The zero-order valence-electron chi connectivity index (χ0n) is 16.0. The molecule has 0 aliphatic carbocycles. The fourth-order valence-electron chi connectivity index (χ4n) is 3.51. The molecule has 2 rings (SSSR count). The van der Waals surface area contributed by atoms with Gasteiger partial charge in [-0.2, -0.15) is 0 Å². The third-order valence-electron chi connectivity index (χ3n) is 4.76. The Hall–Kier alpha value is -2.48. The Balaban J connectivity index is 2.34. The van der Waals surface area contributed by atoms with Crippen LogP contribution in [0.15, 0.2) is 18.2 Å². The summed E-state index contributed by atoms with van der Waals surface area (Å²) in [4.78, 5) is 36.9. The molecule has 0 aromatic heterocycles. The summed E-state index contributed by atoms with van der Waals surface area (Å²) in [7, 11) is 0. The van der Waals surface area contributed by atoms with Gasteiger partial charge in [-0.05, 0) is 31.4 Å². The van der Waals surface area contributed by atoms with Crippen LogP contribution in [0.4, 0.5) is 5.69 Å². The minimum atomic E-state index is -0.520. The van der Waals surface area contributed by atoms with Crippen molar-refractivity contribution in [2.45, 2.75) is 39.7 Å². The number of benzene rings is 1. The molecule has 1 aromatic carbocycles. The molecular formula is C19H26N2O6. The van der Waals surface area contributed by atoms with Crippen LogP contribution in [0.3, 0.4) is 0 Å². The Morgan fingerprint density at radius 2 is 2.00 bits per heavy atom. The van der Waals surface area contributed by atoms with E-state index in [9.17, 15) is 19.7 Å². The maximum absolute atomic E-state index is 12.4. The number of carbonyl (C=O) groups is 2. The lowest BCUT2D eigenvalue weighted by molar-refractivity contribution is -0.385. The standard InChI is InChI=1S/C19H26N2O6/c1-4-26-17(22)9-11-20-10-8-14-6-7-15(21(24)25)12-16(14)18(20)13(3)19(23)27-5-2/h6-7,12-13,18H,4-5,8-11H2,1-3H3. The maximum atomic E-state index is 12.4. The number of fused-ring (bicyclic) bond motifs is 1. The molecule has 0 amide bonds. The van der Waals surface area contributed by atoms with E-state index in [1.165, 1.54) is 12.1 Å². The molecule has 1 heterocycles. The van der Waals surface area contributed by atoms with Crippen molar-refractivity contribution in [3.63, 3.8) is 0 Å². The Morgan fingerprint density at radius 3 is 2.63 bits per heavy atom. The highest BCUT2D eigenvalue weighted by Crippen LogP contribution is 2.37. The Labute approximate surface area is 158 Å². The van der Waals surface area contributed by atoms with Crippen molar-refractivity contribution in [1.82, 2.24) is 4.90 Å². The summed E-state index contributed by atoms with van der Waals surface area (Å²) < 4.78 is 10.2. The van der Waals surface area contributed by atoms with Gasteiger partial charge in [-0.25, -0.2) is 0 Å². The van der Waals surface area contributed by atoms with Gasteiger partial charge >= 0.3 is 11.9 Å². The number of rotatable bonds is 8. The predicted octanol–water partition coefficient (Wildman–Crippen LogP) is 2.65. The second-order valence-electron chi connectivity index (χ2n) is 6.47. The van der Waals surface area contributed by atoms with E-state index >= 15 is 0 Å². The van der Waals surface area contributed by atoms with Crippen LogP contribution in [0, 0.1) is 16.0 Å². The van der Waals surface area contributed by atoms with Gasteiger partial charge in [-0.1, -0.05) is 13.0 Å². The van der Waals surface area contributed by atoms with Gasteiger partial charge in [0, 0.05) is 31.3 Å². The molecule has 2 unspecified atom stereocenters. The summed E-state index contributed by atoms with van der Waals surface area (Å²) in [5.74, 6) is -1.18. The van der Waals surface area contributed by atoms with E-state index in [4.69, 9.17) is 9.47 Å². The SMILES string of the molecule is CCOC(=O)CCN1CCc2ccc([N+](=O)[O-])cc2C1C(C)C(=O)OCC. The summed E-state index contributed by atoms with van der Waals surface area (Å²) in [6.07, 6.45) is 0.895. The third kappa shape index (κ3) is 5.03. The highest BCUT2D eigenvalue weighted by atomic mass is 16.6. The predicted molar refractivity (Wildman–Crippen MR) is 98.2 cm³/mol. The van der Waals surface area contributed by atoms with E-state index in [0.717, 1.165) is 11.1 Å². The first-order valence-electron chi connectivity index (χ1n) is 9.22. The number of ether oxygens (including phenoxy) is 2. The summed E-state index contributed by atoms with van der Waals surface area (Å²) in [6.45, 7) is 6.89. The van der Waals surface area contributed by atoms with E-state index in [0.29, 0.717) is 26.1 Å². The molecule has 0 radical (unpaired) electrons. The number of hydrogen-bond donors (Lipinski definition) is 0. The lowest BCUT2D eigenvalue weighted by atomic mass is 9.85. The summed E-state index contributed by atoms with van der Waals surface area (Å²) in [5, 5.41) is 11.2. The minimum Gasteiger partial charge on any atom is -0.466 e. The molecular weight excluding hydrogens is 352 g/mol. The smallest absolute Gasteiger partial charge is 0.310 e. The van der Waals surface area contributed by atoms with Crippen LogP contribution in [0.5, 0.6) is 0 Å². The van der Waals surface area contributed by atoms with Crippen molar-refractivity contribution >= 4 is 17.6 Å². The lowest BCUT2D eigenvalue weighted by Crippen LogP contribution is -2.42. The lowest BCUT2D eigenvalue weighted by Gasteiger charge is -2.39. The molecule has 0 saturated carbocycles. The highest BCUT2D eigenvalue weighted by molar-refractivity contribution is 5.73. The molecule has 0 fully saturated rings. The fourth-order valence-corrected chi connectivity index (χ4v) is 3.51. The van der Waals surface area contributed by atoms with Crippen LogP contribution in [0.25, 0.3) is 0 Å². The van der Waals surface area contributed by atoms with Gasteiger partial charge in [0.1, 0.15) is 0 Å². The molecule has 148 valence electrons. The molecule has 27 heavy (non-hydrogen) atoms. The molecule has 8 nitrogen and oxygen atoms in total. The largest absolute Gasteiger partial charge is 0.466 e. The van der Waals surface area contributed by atoms with E-state index in [-0.39, 0.29) is 36.7 Å². The van der Waals surface area contributed by atoms with Gasteiger partial charge in [-0.3, -0.25) is 24.6 Å². The molecule has 1 aromatic rings. The number of nitro benzene ring substituents is 1. The summed E-state index contributed by atoms with van der Waals surface area (Å²) >= 11 is 0. The Bertz CT molecular complexity index is 705. The van der Waals surface area contributed by atoms with Crippen molar-refractivity contribution in [2.75, 3.05) is 26.3 Å². The quantitative estimate of drug-likeness (QED) is 0.389. The van der Waals surface area contributed by atoms with Crippen LogP contribution in [-0.4, -0.2) is 48.1 Å². The van der Waals surface area contributed by atoms with Gasteiger partial charge in [0.15, 0.2) is 0 Å². The number of carbonyl (C=O) groups excluding carboxylic acids is 2. The molecule has 0 N–H and O–H groups in total. The summed E-state index contributed by atoms with van der Waals surface area (Å²) in [5.41, 5.74) is 1.72. The second kappa shape index (κ2) is 9.45. The molecule has 2 atom stereocenters. The Morgan fingerprint density at radius 1 is 1.30 bits per heavy atom. The van der Waals surface area contributed by atoms with Gasteiger partial charge in [0.25, 0.3) is 5.69 Å². The van der Waals surface area contributed by atoms with Crippen LogP contribution >= 0.6 is 0 Å². The molecule has 0 bridgehead atoms. The average Bonchev–Trinajstić information content (AvgIpc) is 2.65. The fraction of sp³-hybridized carbons (Fsp3) is 0.579. The zero-order chi connectivity index (χ0) is 20.0. The molecule has 1 aliphatic rings. The van der Waals surface area contributed by atoms with Crippen molar-refractivity contribution in [3.8, 4) is 0 Å². The number of nitro groups is 1. The van der Waals surface area contributed by atoms with E-state index in [1.807, 2.05) is 4.90 Å². The first-order chi connectivity index (χ1) is 12.9. The topological polar surface area (TPSA) is 99.0 Å². The number of nitrogens with zero attached hydrogens (tertiary/aromatic N) is 2. The van der Waals surface area contributed by atoms with E-state index < -0.39 is 10.8 Å². The van der Waals surface area contributed by atoms with Gasteiger partial charge in [-0.15, -0.1) is 0 Å². The van der Waals surface area contributed by atoms with E-state index in [1.54, 1.807) is 26.8 Å². The van der Waals surface area contributed by atoms with Crippen molar-refractivity contribution in [1.29, 1.82) is 0 Å². The van der Waals surface area contributed by atoms with Crippen molar-refractivity contribution in [2.24, 2.45) is 5.92 Å². The second-order valence-corrected chi connectivity index (χ2v) is 6.47. The number of non-ortho nitro benzene ring substituents is 1. The van der Waals surface area contributed by atoms with Gasteiger partial charge < -0.3 is 9.47 Å². The molecule has 0 spiro atoms. The normalized spacial score (nSPS) is 17.7. The first-order valence-corrected chi connectivity index (χ1v) is 9.22. The van der Waals surface area contributed by atoms with Crippen LogP contribution in [0.2, 0.25) is 0 Å². The minimum absolute atomic E-state index is 0.0120. The monoisotopic (exact) mass is 378 g/mol. The van der Waals surface area contributed by atoms with Gasteiger partial charge in [0.05, 0.1) is 30.5 Å². The van der Waals surface area contributed by atoms with Crippen molar-refractivity contribution in [3.05, 3.63) is 39.4 Å². The van der Waals surface area contributed by atoms with Crippen LogP contribution in [-0.2, 0) is 25.5 Å². The average molecular weight is 378 g/mol.